The van der Waals surface area contributed by atoms with Gasteiger partial charge in [0.25, 0.3) is 0 Å². The fourth-order valence-electron chi connectivity index (χ4n) is 0.323. The molecule has 0 radical (unpaired) electrons. The Hall–Kier alpha value is -0.760. The molecule has 0 aliphatic rings. The predicted octanol–water partition coefficient (Wildman–Crippen LogP) is 0.577. The van der Waals surface area contributed by atoms with Crippen LogP contribution in [0.15, 0.2) is 24.4 Å². The summed E-state index contributed by atoms with van der Waals surface area (Å²) < 4.78 is 0. The average molecular weight is 126 g/mol. The van der Waals surface area contributed by atoms with Gasteiger partial charge in [0, 0.05) is 20.6 Å². The second-order valence-electron chi connectivity index (χ2n) is 2.14. The van der Waals surface area contributed by atoms with Crippen LogP contribution in [0.5, 0.6) is 0 Å². The van der Waals surface area contributed by atoms with Gasteiger partial charge in [-0.25, -0.2) is 0 Å². The van der Waals surface area contributed by atoms with Crippen LogP contribution in [0.1, 0.15) is 0 Å². The SMILES string of the molecule is C=C(/C=C\N(C)C)CN. The largest absolute Gasteiger partial charge is 0.383 e. The van der Waals surface area contributed by atoms with E-state index >= 15 is 0 Å². The normalized spacial score (nSPS) is 10.1. The zero-order chi connectivity index (χ0) is 7.28. The standard InChI is InChI=1S/C7H14N2/c1-7(6-8)4-5-9(2)3/h4-5H,1,6,8H2,2-3H3/b5-4-. The van der Waals surface area contributed by atoms with E-state index in [0.717, 1.165) is 5.57 Å². The molecule has 0 atom stereocenters. The van der Waals surface area contributed by atoms with Crippen molar-refractivity contribution in [3.63, 3.8) is 0 Å². The maximum Gasteiger partial charge on any atom is 0.0172 e. The van der Waals surface area contributed by atoms with E-state index in [-0.39, 0.29) is 0 Å². The molecule has 0 aliphatic heterocycles. The molecular formula is C7H14N2. The molecule has 0 aliphatic carbocycles. The third kappa shape index (κ3) is 5.11. The van der Waals surface area contributed by atoms with Crippen molar-refractivity contribution < 1.29 is 0 Å². The lowest BCUT2D eigenvalue weighted by Crippen LogP contribution is -2.03. The Bertz CT molecular complexity index is 114. The Morgan fingerprint density at radius 2 is 2.22 bits per heavy atom. The lowest BCUT2D eigenvalue weighted by molar-refractivity contribution is 0.563. The summed E-state index contributed by atoms with van der Waals surface area (Å²) in [5, 5.41) is 0. The number of hydrogen-bond donors (Lipinski definition) is 1. The maximum absolute atomic E-state index is 5.29. The fourth-order valence-corrected chi connectivity index (χ4v) is 0.323. The highest BCUT2D eigenvalue weighted by Crippen LogP contribution is 1.88. The molecule has 0 aromatic rings. The molecule has 9 heavy (non-hydrogen) atoms. The summed E-state index contributed by atoms with van der Waals surface area (Å²) in [6.45, 7) is 4.24. The number of nitrogens with two attached hydrogens (primary N) is 1. The van der Waals surface area contributed by atoms with Crippen LogP contribution in [0.2, 0.25) is 0 Å². The van der Waals surface area contributed by atoms with Gasteiger partial charge in [0.05, 0.1) is 0 Å². The molecule has 0 heterocycles. The van der Waals surface area contributed by atoms with Gasteiger partial charge in [0.1, 0.15) is 0 Å². The summed E-state index contributed by atoms with van der Waals surface area (Å²) in [5.74, 6) is 0. The monoisotopic (exact) mass is 126 g/mol. The zero-order valence-electron chi connectivity index (χ0n) is 6.09. The van der Waals surface area contributed by atoms with E-state index in [2.05, 4.69) is 6.58 Å². The maximum atomic E-state index is 5.29. The first-order chi connectivity index (χ1) is 4.16. The van der Waals surface area contributed by atoms with Gasteiger partial charge in [-0.15, -0.1) is 0 Å². The van der Waals surface area contributed by atoms with Gasteiger partial charge in [0.2, 0.25) is 0 Å². The Balaban J connectivity index is 3.57. The highest BCUT2D eigenvalue weighted by atomic mass is 15.0. The summed E-state index contributed by atoms with van der Waals surface area (Å²) in [5.41, 5.74) is 6.24. The minimum atomic E-state index is 0.532. The Kier molecular flexibility index (Phi) is 3.80. The van der Waals surface area contributed by atoms with Crippen molar-refractivity contribution in [3.8, 4) is 0 Å². The van der Waals surface area contributed by atoms with Crippen molar-refractivity contribution in [3.05, 3.63) is 24.4 Å². The van der Waals surface area contributed by atoms with Gasteiger partial charge < -0.3 is 10.6 Å². The predicted molar refractivity (Wildman–Crippen MR) is 41.0 cm³/mol. The van der Waals surface area contributed by atoms with Crippen LogP contribution >= 0.6 is 0 Å². The van der Waals surface area contributed by atoms with Crippen molar-refractivity contribution in [1.82, 2.24) is 4.90 Å². The molecule has 0 aromatic heterocycles. The molecule has 0 amide bonds. The summed E-state index contributed by atoms with van der Waals surface area (Å²) in [6.07, 6.45) is 3.83. The molecule has 2 N–H and O–H groups in total. The van der Waals surface area contributed by atoms with E-state index < -0.39 is 0 Å². The highest BCUT2D eigenvalue weighted by molar-refractivity contribution is 5.14. The van der Waals surface area contributed by atoms with Crippen LogP contribution in [0.4, 0.5) is 0 Å². The van der Waals surface area contributed by atoms with E-state index in [1.807, 2.05) is 31.3 Å². The number of nitrogens with zero attached hydrogens (tertiary/aromatic N) is 1. The summed E-state index contributed by atoms with van der Waals surface area (Å²) in [7, 11) is 3.92. The lowest BCUT2D eigenvalue weighted by atomic mass is 10.3. The van der Waals surface area contributed by atoms with E-state index in [1.165, 1.54) is 0 Å². The molecular weight excluding hydrogens is 112 g/mol. The molecule has 0 unspecified atom stereocenters. The minimum Gasteiger partial charge on any atom is -0.383 e. The molecule has 2 nitrogen and oxygen atoms in total. The van der Waals surface area contributed by atoms with Crippen molar-refractivity contribution >= 4 is 0 Å². The van der Waals surface area contributed by atoms with Gasteiger partial charge >= 0.3 is 0 Å². The van der Waals surface area contributed by atoms with Crippen LogP contribution < -0.4 is 5.73 Å². The Morgan fingerprint density at radius 3 is 2.56 bits per heavy atom. The van der Waals surface area contributed by atoms with Gasteiger partial charge in [0.15, 0.2) is 0 Å². The van der Waals surface area contributed by atoms with Crippen LogP contribution in [0.3, 0.4) is 0 Å². The van der Waals surface area contributed by atoms with Crippen LogP contribution in [-0.4, -0.2) is 25.5 Å². The van der Waals surface area contributed by atoms with Gasteiger partial charge in [-0.05, 0) is 17.8 Å². The first kappa shape index (κ1) is 8.24. The molecule has 0 fully saturated rings. The molecule has 0 saturated carbocycles. The molecule has 0 saturated heterocycles. The van der Waals surface area contributed by atoms with Crippen LogP contribution in [0, 0.1) is 0 Å². The molecule has 0 rings (SSSR count). The van der Waals surface area contributed by atoms with E-state index in [9.17, 15) is 0 Å². The van der Waals surface area contributed by atoms with Crippen molar-refractivity contribution in [2.45, 2.75) is 0 Å². The lowest BCUT2D eigenvalue weighted by Gasteiger charge is -2.02. The average Bonchev–Trinajstić information content (AvgIpc) is 1.83. The van der Waals surface area contributed by atoms with Crippen molar-refractivity contribution in [2.75, 3.05) is 20.6 Å². The fraction of sp³-hybridized carbons (Fsp3) is 0.429. The van der Waals surface area contributed by atoms with E-state index in [0.29, 0.717) is 6.54 Å². The molecule has 0 spiro atoms. The molecule has 0 bridgehead atoms. The first-order valence-electron chi connectivity index (χ1n) is 2.89. The van der Waals surface area contributed by atoms with Crippen LogP contribution in [0.25, 0.3) is 0 Å². The van der Waals surface area contributed by atoms with Crippen molar-refractivity contribution in [1.29, 1.82) is 0 Å². The third-order valence-corrected chi connectivity index (χ3v) is 0.871. The number of hydrogen-bond acceptors (Lipinski definition) is 2. The first-order valence-corrected chi connectivity index (χ1v) is 2.89. The van der Waals surface area contributed by atoms with Crippen molar-refractivity contribution in [2.24, 2.45) is 5.73 Å². The highest BCUT2D eigenvalue weighted by Gasteiger charge is 1.80. The summed E-state index contributed by atoms with van der Waals surface area (Å²) >= 11 is 0. The van der Waals surface area contributed by atoms with Gasteiger partial charge in [-0.1, -0.05) is 6.58 Å². The molecule has 2 heteroatoms. The Morgan fingerprint density at radius 1 is 1.67 bits per heavy atom. The van der Waals surface area contributed by atoms with Crippen LogP contribution in [-0.2, 0) is 0 Å². The van der Waals surface area contributed by atoms with Gasteiger partial charge in [-0.3, -0.25) is 0 Å². The topological polar surface area (TPSA) is 29.3 Å². The Labute approximate surface area is 56.6 Å². The number of rotatable bonds is 3. The summed E-state index contributed by atoms with van der Waals surface area (Å²) in [6, 6.07) is 0. The second kappa shape index (κ2) is 4.15. The molecule has 52 valence electrons. The second-order valence-corrected chi connectivity index (χ2v) is 2.14. The zero-order valence-corrected chi connectivity index (χ0v) is 6.09. The quantitative estimate of drug-likeness (QED) is 0.560. The smallest absolute Gasteiger partial charge is 0.0172 e. The molecule has 0 aromatic carbocycles. The minimum absolute atomic E-state index is 0.532. The third-order valence-electron chi connectivity index (χ3n) is 0.871. The summed E-state index contributed by atoms with van der Waals surface area (Å²) in [4.78, 5) is 1.95. The van der Waals surface area contributed by atoms with E-state index in [4.69, 9.17) is 5.73 Å². The van der Waals surface area contributed by atoms with E-state index in [1.54, 1.807) is 0 Å². The van der Waals surface area contributed by atoms with Gasteiger partial charge in [-0.2, -0.15) is 0 Å².